The monoisotopic (exact) mass is 561 g/mol. The number of carbonyl (C=O) groups is 1. The molecule has 0 radical (unpaired) electrons. The van der Waals surface area contributed by atoms with Gasteiger partial charge in [0.1, 0.15) is 12.2 Å². The van der Waals surface area contributed by atoms with Crippen molar-refractivity contribution in [1.82, 2.24) is 4.90 Å². The third kappa shape index (κ3) is 4.51. The lowest BCUT2D eigenvalue weighted by Crippen LogP contribution is -2.29. The van der Waals surface area contributed by atoms with E-state index < -0.39 is 6.04 Å². The normalized spacial score (nSPS) is 15.2. The van der Waals surface area contributed by atoms with Crippen LogP contribution in [0.2, 0.25) is 0 Å². The van der Waals surface area contributed by atoms with Crippen LogP contribution in [0.15, 0.2) is 100 Å². The van der Waals surface area contributed by atoms with E-state index in [0.717, 1.165) is 11.1 Å². The van der Waals surface area contributed by atoms with Gasteiger partial charge in [-0.25, -0.2) is 0 Å². The van der Waals surface area contributed by atoms with E-state index in [0.29, 0.717) is 58.3 Å². The Bertz CT molecular complexity index is 1860. The van der Waals surface area contributed by atoms with Gasteiger partial charge in [-0.15, -0.1) is 0 Å². The van der Waals surface area contributed by atoms with Crippen LogP contribution in [-0.4, -0.2) is 24.2 Å². The summed E-state index contributed by atoms with van der Waals surface area (Å²) in [7, 11) is 0. The lowest BCUT2D eigenvalue weighted by atomic mass is 9.97. The number of para-hydroxylation sites is 1. The van der Waals surface area contributed by atoms with E-state index in [1.54, 1.807) is 29.2 Å². The van der Waals surface area contributed by atoms with Gasteiger partial charge in [0.15, 0.2) is 28.4 Å². The average Bonchev–Trinajstić information content (AvgIpc) is 3.60. The third-order valence-electron chi connectivity index (χ3n) is 7.48. The van der Waals surface area contributed by atoms with Crippen molar-refractivity contribution in [2.45, 2.75) is 26.1 Å². The van der Waals surface area contributed by atoms with Gasteiger partial charge in [0.25, 0.3) is 5.91 Å². The quantitative estimate of drug-likeness (QED) is 0.221. The Balaban J connectivity index is 1.32. The molecule has 210 valence electrons. The Kier molecular flexibility index (Phi) is 6.51. The van der Waals surface area contributed by atoms with Crippen molar-refractivity contribution in [1.29, 1.82) is 0 Å². The van der Waals surface area contributed by atoms with Crippen molar-refractivity contribution in [3.8, 4) is 23.0 Å². The molecule has 0 saturated heterocycles. The van der Waals surface area contributed by atoms with E-state index in [1.165, 1.54) is 0 Å². The maximum absolute atomic E-state index is 13.9. The van der Waals surface area contributed by atoms with Crippen LogP contribution in [0.4, 0.5) is 0 Å². The summed E-state index contributed by atoms with van der Waals surface area (Å²) in [5, 5.41) is 0.423. The van der Waals surface area contributed by atoms with Crippen LogP contribution in [0, 0.1) is 0 Å². The summed E-state index contributed by atoms with van der Waals surface area (Å²) < 4.78 is 29.2. The van der Waals surface area contributed by atoms with E-state index in [1.807, 2.05) is 73.7 Å². The first-order valence-corrected chi connectivity index (χ1v) is 13.8. The molecule has 0 N–H and O–H groups in total. The first-order valence-electron chi connectivity index (χ1n) is 13.8. The summed E-state index contributed by atoms with van der Waals surface area (Å²) in [5.74, 6) is 2.06. The minimum absolute atomic E-state index is 0.0480. The van der Waals surface area contributed by atoms with Crippen molar-refractivity contribution in [2.75, 3.05) is 13.4 Å². The van der Waals surface area contributed by atoms with Gasteiger partial charge in [0.05, 0.1) is 23.6 Å². The highest BCUT2D eigenvalue weighted by molar-refractivity contribution is 5.99. The first kappa shape index (κ1) is 25.7. The number of hydrogen-bond acceptors (Lipinski definition) is 7. The summed E-state index contributed by atoms with van der Waals surface area (Å²) >= 11 is 0. The number of carbonyl (C=O) groups excluding carboxylic acids is 1. The molecule has 3 heterocycles. The topological polar surface area (TPSA) is 87.4 Å². The van der Waals surface area contributed by atoms with Gasteiger partial charge in [0, 0.05) is 6.54 Å². The highest BCUT2D eigenvalue weighted by atomic mass is 16.7. The Morgan fingerprint density at radius 3 is 2.48 bits per heavy atom. The van der Waals surface area contributed by atoms with Gasteiger partial charge in [-0.2, -0.15) is 0 Å². The predicted octanol–water partition coefficient (Wildman–Crippen LogP) is 6.24. The lowest BCUT2D eigenvalue weighted by molar-refractivity contribution is 0.0714. The molecule has 1 aromatic heterocycles. The maximum Gasteiger partial charge on any atom is 0.291 e. The number of rotatable bonds is 8. The molecule has 0 spiro atoms. The fourth-order valence-electron chi connectivity index (χ4n) is 5.53. The highest BCUT2D eigenvalue weighted by Gasteiger charge is 2.43. The molecule has 0 aliphatic carbocycles. The number of amides is 1. The molecule has 1 amide bonds. The molecule has 42 heavy (non-hydrogen) atoms. The summed E-state index contributed by atoms with van der Waals surface area (Å²) in [6, 6.07) is 27.3. The molecule has 0 saturated carbocycles. The molecule has 2 aliphatic rings. The van der Waals surface area contributed by atoms with E-state index in [-0.39, 0.29) is 30.4 Å². The van der Waals surface area contributed by atoms with Crippen LogP contribution >= 0.6 is 0 Å². The molecular weight excluding hydrogens is 534 g/mol. The van der Waals surface area contributed by atoms with Crippen LogP contribution in [0.1, 0.15) is 45.8 Å². The Morgan fingerprint density at radius 1 is 0.810 bits per heavy atom. The van der Waals surface area contributed by atoms with Crippen LogP contribution in [0.3, 0.4) is 0 Å². The Hall–Kier alpha value is -5.24. The molecule has 7 rings (SSSR count). The van der Waals surface area contributed by atoms with Crippen molar-refractivity contribution in [3.05, 3.63) is 129 Å². The van der Waals surface area contributed by atoms with Crippen molar-refractivity contribution < 1.29 is 28.2 Å². The van der Waals surface area contributed by atoms with Gasteiger partial charge in [0.2, 0.25) is 12.6 Å². The van der Waals surface area contributed by atoms with Crippen LogP contribution < -0.4 is 24.4 Å². The molecule has 2 aliphatic heterocycles. The maximum atomic E-state index is 13.9. The van der Waals surface area contributed by atoms with E-state index in [9.17, 15) is 9.59 Å². The van der Waals surface area contributed by atoms with Gasteiger partial charge in [-0.1, -0.05) is 54.6 Å². The third-order valence-corrected chi connectivity index (χ3v) is 7.48. The summed E-state index contributed by atoms with van der Waals surface area (Å²) in [5.41, 5.74) is 3.01. The Labute approximate surface area is 241 Å². The van der Waals surface area contributed by atoms with Crippen LogP contribution in [-0.2, 0) is 13.2 Å². The second-order valence-electron chi connectivity index (χ2n) is 10.1. The second-order valence-corrected chi connectivity index (χ2v) is 10.1. The summed E-state index contributed by atoms with van der Waals surface area (Å²) in [4.78, 5) is 29.5. The zero-order valence-corrected chi connectivity index (χ0v) is 22.9. The largest absolute Gasteiger partial charge is 0.490 e. The fourth-order valence-corrected chi connectivity index (χ4v) is 5.53. The zero-order valence-electron chi connectivity index (χ0n) is 22.9. The molecular formula is C34H27NO7. The molecule has 8 nitrogen and oxygen atoms in total. The number of fused-ring (bicyclic) bond motifs is 3. The molecule has 5 aromatic rings. The van der Waals surface area contributed by atoms with Crippen molar-refractivity contribution in [3.63, 3.8) is 0 Å². The van der Waals surface area contributed by atoms with E-state index in [4.69, 9.17) is 23.4 Å². The second kappa shape index (κ2) is 10.6. The number of hydrogen-bond donors (Lipinski definition) is 0. The van der Waals surface area contributed by atoms with E-state index >= 15 is 0 Å². The number of ether oxygens (including phenoxy) is 4. The van der Waals surface area contributed by atoms with Gasteiger partial charge < -0.3 is 28.3 Å². The fraction of sp³-hybridized carbons (Fsp3) is 0.176. The molecule has 1 unspecified atom stereocenters. The smallest absolute Gasteiger partial charge is 0.291 e. The molecule has 8 heteroatoms. The van der Waals surface area contributed by atoms with Gasteiger partial charge in [-0.05, 0) is 60.0 Å². The SMILES string of the molecule is CCOc1cc(C2c3c(oc4ccccc4c3=O)C(=O)N2Cc2ccc3c(c2)OCO3)ccc1OCc1ccccc1. The molecule has 0 fully saturated rings. The van der Waals surface area contributed by atoms with Crippen LogP contribution in [0.5, 0.6) is 23.0 Å². The predicted molar refractivity (Wildman–Crippen MR) is 155 cm³/mol. The minimum atomic E-state index is -0.707. The Morgan fingerprint density at radius 2 is 1.62 bits per heavy atom. The molecule has 0 bridgehead atoms. The highest BCUT2D eigenvalue weighted by Crippen LogP contribution is 2.42. The lowest BCUT2D eigenvalue weighted by Gasteiger charge is -2.26. The van der Waals surface area contributed by atoms with Crippen molar-refractivity contribution in [2.24, 2.45) is 0 Å². The standard InChI is InChI=1S/C34H27NO7/c1-2-38-29-17-23(13-15-26(29)39-19-21-8-4-3-5-9-21)31-30-32(36)24-10-6-7-11-25(24)42-33(30)34(37)35(31)18-22-12-14-27-28(16-22)41-20-40-27/h3-17,31H,2,18-20H2,1H3. The first-order chi connectivity index (χ1) is 20.6. The van der Waals surface area contributed by atoms with Gasteiger partial charge >= 0.3 is 0 Å². The molecule has 1 atom stereocenters. The van der Waals surface area contributed by atoms with E-state index in [2.05, 4.69) is 0 Å². The van der Waals surface area contributed by atoms with Crippen molar-refractivity contribution >= 4 is 16.9 Å². The van der Waals surface area contributed by atoms with Crippen LogP contribution in [0.25, 0.3) is 11.0 Å². The summed E-state index contributed by atoms with van der Waals surface area (Å²) in [6.07, 6.45) is 0. The number of nitrogens with zero attached hydrogens (tertiary/aromatic N) is 1. The average molecular weight is 562 g/mol. The summed E-state index contributed by atoms with van der Waals surface area (Å²) in [6.45, 7) is 3.06. The zero-order chi connectivity index (χ0) is 28.6. The number of benzene rings is 4. The van der Waals surface area contributed by atoms with Gasteiger partial charge in [-0.3, -0.25) is 9.59 Å². The minimum Gasteiger partial charge on any atom is -0.490 e. The molecule has 4 aromatic carbocycles.